The maximum Gasteiger partial charge on any atom is 0.224 e. The van der Waals surface area contributed by atoms with E-state index in [0.29, 0.717) is 13.0 Å². The molecule has 0 aromatic heterocycles. The number of hydrogen-bond donors (Lipinski definition) is 1. The smallest absolute Gasteiger partial charge is 0.224 e. The number of ether oxygens (including phenoxy) is 1. The number of hydrogen-bond acceptors (Lipinski definition) is 3. The molecule has 0 aliphatic heterocycles. The highest BCUT2D eigenvalue weighted by molar-refractivity contribution is 5.76. The second kappa shape index (κ2) is 9.23. The summed E-state index contributed by atoms with van der Waals surface area (Å²) in [4.78, 5) is 14.1. The van der Waals surface area contributed by atoms with E-state index in [9.17, 15) is 4.79 Å². The van der Waals surface area contributed by atoms with Crippen molar-refractivity contribution in [2.75, 3.05) is 32.1 Å². The van der Waals surface area contributed by atoms with Gasteiger partial charge in [0.15, 0.2) is 0 Å². The Morgan fingerprint density at radius 3 is 2.45 bits per heavy atom. The Labute approximate surface area is 122 Å². The molecule has 0 unspecified atom stereocenters. The minimum Gasteiger partial charge on any atom is -0.495 e. The quantitative estimate of drug-likeness (QED) is 0.754. The number of rotatable bonds is 9. The van der Waals surface area contributed by atoms with Gasteiger partial charge in [-0.3, -0.25) is 4.79 Å². The largest absolute Gasteiger partial charge is 0.495 e. The molecule has 0 heterocycles. The summed E-state index contributed by atoms with van der Waals surface area (Å²) in [6.45, 7) is 6.53. The summed E-state index contributed by atoms with van der Waals surface area (Å²) in [7, 11) is 1.65. The second-order valence-corrected chi connectivity index (χ2v) is 4.76. The molecular formula is C16H26N2O2. The zero-order chi connectivity index (χ0) is 14.8. The Morgan fingerprint density at radius 2 is 1.85 bits per heavy atom. The predicted molar refractivity (Wildman–Crippen MR) is 83.3 cm³/mol. The van der Waals surface area contributed by atoms with E-state index in [1.54, 1.807) is 7.11 Å². The molecule has 0 saturated heterocycles. The van der Waals surface area contributed by atoms with Crippen LogP contribution in [0.5, 0.6) is 5.75 Å². The van der Waals surface area contributed by atoms with Gasteiger partial charge in [0.05, 0.1) is 12.8 Å². The fourth-order valence-corrected chi connectivity index (χ4v) is 2.15. The molecule has 0 radical (unpaired) electrons. The van der Waals surface area contributed by atoms with Crippen molar-refractivity contribution in [3.8, 4) is 5.75 Å². The van der Waals surface area contributed by atoms with Crippen molar-refractivity contribution in [1.29, 1.82) is 0 Å². The van der Waals surface area contributed by atoms with Crippen LogP contribution in [0.25, 0.3) is 0 Å². The average Bonchev–Trinajstić information content (AvgIpc) is 2.47. The lowest BCUT2D eigenvalue weighted by atomic mass is 10.2. The third kappa shape index (κ3) is 5.11. The van der Waals surface area contributed by atoms with Gasteiger partial charge in [-0.05, 0) is 25.0 Å². The monoisotopic (exact) mass is 278 g/mol. The number of methoxy groups -OCH3 is 1. The Kier molecular flexibility index (Phi) is 7.55. The molecule has 1 amide bonds. The number of amides is 1. The Bertz CT molecular complexity index is 401. The molecule has 1 aromatic carbocycles. The number of nitrogens with zero attached hydrogens (tertiary/aromatic N) is 1. The zero-order valence-corrected chi connectivity index (χ0v) is 12.8. The highest BCUT2D eigenvalue weighted by Crippen LogP contribution is 2.22. The lowest BCUT2D eigenvalue weighted by Gasteiger charge is -2.21. The van der Waals surface area contributed by atoms with Crippen LogP contribution in [0.4, 0.5) is 5.69 Å². The first-order valence-corrected chi connectivity index (χ1v) is 7.37. The van der Waals surface area contributed by atoms with E-state index >= 15 is 0 Å². The lowest BCUT2D eigenvalue weighted by molar-refractivity contribution is -0.131. The highest BCUT2D eigenvalue weighted by atomic mass is 16.5. The first kappa shape index (κ1) is 16.3. The molecule has 0 spiro atoms. The number of carbonyl (C=O) groups is 1. The van der Waals surface area contributed by atoms with Crippen LogP contribution in [-0.2, 0) is 4.79 Å². The lowest BCUT2D eigenvalue weighted by Crippen LogP contribution is -2.33. The van der Waals surface area contributed by atoms with Gasteiger partial charge in [0.2, 0.25) is 5.91 Å². The summed E-state index contributed by atoms with van der Waals surface area (Å²) in [5, 5.41) is 3.26. The van der Waals surface area contributed by atoms with Crippen molar-refractivity contribution in [2.24, 2.45) is 0 Å². The Balaban J connectivity index is 2.44. The molecule has 0 aliphatic carbocycles. The molecule has 20 heavy (non-hydrogen) atoms. The van der Waals surface area contributed by atoms with Crippen LogP contribution in [0.3, 0.4) is 0 Å². The number of benzene rings is 1. The summed E-state index contributed by atoms with van der Waals surface area (Å²) in [5.41, 5.74) is 0.931. The average molecular weight is 278 g/mol. The summed E-state index contributed by atoms with van der Waals surface area (Å²) < 4.78 is 5.27. The van der Waals surface area contributed by atoms with Gasteiger partial charge in [-0.2, -0.15) is 0 Å². The van der Waals surface area contributed by atoms with Gasteiger partial charge in [-0.25, -0.2) is 0 Å². The standard InChI is InChI=1S/C16H26N2O2/c1-4-12-18(13-5-2)16(19)10-11-17-14-8-6-7-9-15(14)20-3/h6-9,17H,4-5,10-13H2,1-3H3. The van der Waals surface area contributed by atoms with Gasteiger partial charge >= 0.3 is 0 Å². The number of carbonyl (C=O) groups excluding carboxylic acids is 1. The van der Waals surface area contributed by atoms with Gasteiger partial charge in [0.25, 0.3) is 0 Å². The van der Waals surface area contributed by atoms with Gasteiger partial charge in [-0.15, -0.1) is 0 Å². The van der Waals surface area contributed by atoms with Gasteiger partial charge in [0.1, 0.15) is 5.75 Å². The number of nitrogens with one attached hydrogen (secondary N) is 1. The van der Waals surface area contributed by atoms with Crippen LogP contribution >= 0.6 is 0 Å². The minimum atomic E-state index is 0.219. The summed E-state index contributed by atoms with van der Waals surface area (Å²) in [6.07, 6.45) is 2.52. The number of para-hydroxylation sites is 2. The molecule has 4 heteroatoms. The van der Waals surface area contributed by atoms with E-state index in [1.165, 1.54) is 0 Å². The Morgan fingerprint density at radius 1 is 1.20 bits per heavy atom. The van der Waals surface area contributed by atoms with Crippen molar-refractivity contribution in [1.82, 2.24) is 4.90 Å². The fourth-order valence-electron chi connectivity index (χ4n) is 2.15. The number of anilines is 1. The van der Waals surface area contributed by atoms with E-state index in [1.807, 2.05) is 29.2 Å². The van der Waals surface area contributed by atoms with E-state index in [-0.39, 0.29) is 5.91 Å². The second-order valence-electron chi connectivity index (χ2n) is 4.76. The molecule has 4 nitrogen and oxygen atoms in total. The third-order valence-corrected chi connectivity index (χ3v) is 3.10. The normalized spacial score (nSPS) is 10.2. The molecule has 1 N–H and O–H groups in total. The maximum absolute atomic E-state index is 12.1. The molecular weight excluding hydrogens is 252 g/mol. The summed E-state index contributed by atoms with van der Waals surface area (Å²) >= 11 is 0. The van der Waals surface area contributed by atoms with Crippen molar-refractivity contribution in [3.63, 3.8) is 0 Å². The van der Waals surface area contributed by atoms with Crippen LogP contribution in [0, 0.1) is 0 Å². The molecule has 0 aliphatic rings. The van der Waals surface area contributed by atoms with Crippen LogP contribution < -0.4 is 10.1 Å². The van der Waals surface area contributed by atoms with E-state index < -0.39 is 0 Å². The van der Waals surface area contributed by atoms with Crippen LogP contribution in [-0.4, -0.2) is 37.6 Å². The molecule has 0 bridgehead atoms. The summed E-state index contributed by atoms with van der Waals surface area (Å²) in [5.74, 6) is 1.02. The molecule has 112 valence electrons. The zero-order valence-electron chi connectivity index (χ0n) is 12.8. The minimum absolute atomic E-state index is 0.219. The van der Waals surface area contributed by atoms with Gasteiger partial charge in [-0.1, -0.05) is 26.0 Å². The molecule has 1 aromatic rings. The van der Waals surface area contributed by atoms with E-state index in [0.717, 1.165) is 37.4 Å². The summed E-state index contributed by atoms with van der Waals surface area (Å²) in [6, 6.07) is 7.75. The van der Waals surface area contributed by atoms with Crippen LogP contribution in [0.2, 0.25) is 0 Å². The first-order chi connectivity index (χ1) is 9.72. The molecule has 1 rings (SSSR count). The third-order valence-electron chi connectivity index (χ3n) is 3.10. The molecule has 0 atom stereocenters. The van der Waals surface area contributed by atoms with Crippen molar-refractivity contribution >= 4 is 11.6 Å². The van der Waals surface area contributed by atoms with Gasteiger partial charge in [0, 0.05) is 26.1 Å². The SMILES string of the molecule is CCCN(CCC)C(=O)CCNc1ccccc1OC. The first-order valence-electron chi connectivity index (χ1n) is 7.37. The fraction of sp³-hybridized carbons (Fsp3) is 0.562. The van der Waals surface area contributed by atoms with Crippen molar-refractivity contribution in [3.05, 3.63) is 24.3 Å². The van der Waals surface area contributed by atoms with E-state index in [4.69, 9.17) is 4.74 Å². The van der Waals surface area contributed by atoms with Crippen LogP contribution in [0.1, 0.15) is 33.1 Å². The molecule has 0 saturated carbocycles. The van der Waals surface area contributed by atoms with Crippen LogP contribution in [0.15, 0.2) is 24.3 Å². The molecule has 0 fully saturated rings. The van der Waals surface area contributed by atoms with Gasteiger partial charge < -0.3 is 15.0 Å². The Hall–Kier alpha value is -1.71. The predicted octanol–water partition coefficient (Wildman–Crippen LogP) is 3.15. The van der Waals surface area contributed by atoms with Crippen molar-refractivity contribution < 1.29 is 9.53 Å². The van der Waals surface area contributed by atoms with E-state index in [2.05, 4.69) is 19.2 Å². The highest BCUT2D eigenvalue weighted by Gasteiger charge is 2.11. The topological polar surface area (TPSA) is 41.6 Å². The maximum atomic E-state index is 12.1. The van der Waals surface area contributed by atoms with Crippen molar-refractivity contribution in [2.45, 2.75) is 33.1 Å².